The van der Waals surface area contributed by atoms with Crippen molar-refractivity contribution in [2.45, 2.75) is 12.8 Å². The molecule has 0 spiro atoms. The van der Waals surface area contributed by atoms with E-state index in [2.05, 4.69) is 52.1 Å². The van der Waals surface area contributed by atoms with Crippen LogP contribution in [0, 0.1) is 59.5 Å². The number of nitrogens with zero attached hydrogens (tertiary/aromatic N) is 2. The Bertz CT molecular complexity index is 1750. The van der Waals surface area contributed by atoms with Crippen molar-refractivity contribution in [3.63, 3.8) is 0 Å². The summed E-state index contributed by atoms with van der Waals surface area (Å²) < 4.78 is 13.2. The number of anilines is 2. The van der Waals surface area contributed by atoms with Crippen LogP contribution >= 0.6 is 0 Å². The molecule has 4 amide bonds. The fraction of sp³-hybridized carbons (Fsp3) is 0.270. The van der Waals surface area contributed by atoms with Gasteiger partial charge in [-0.2, -0.15) is 36.4 Å². The Morgan fingerprint density at radius 3 is 1.34 bits per heavy atom. The Morgan fingerprint density at radius 1 is 0.574 bits per heavy atom. The van der Waals surface area contributed by atoms with Crippen LogP contribution in [-0.2, 0) is 38.7 Å². The minimum atomic E-state index is -0.495. The number of imide groups is 2. The number of hydrogen-bond donors (Lipinski definition) is 0. The molecule has 9 rings (SSSR count). The van der Waals surface area contributed by atoms with E-state index >= 15 is 0 Å². The normalized spacial score (nSPS) is 30.1. The van der Waals surface area contributed by atoms with Gasteiger partial charge in [0.05, 0.1) is 34.9 Å². The first-order valence-corrected chi connectivity index (χ1v) is 15.8. The van der Waals surface area contributed by atoms with Gasteiger partial charge in [-0.15, -0.1) is 24.3 Å². The third-order valence-electron chi connectivity index (χ3n) is 10.2. The minimum absolute atomic E-state index is 0.0203. The number of rotatable bonds is 4. The standard InChI is InChI=1S/C22H16NO4.C15H12NO2.Co.O/c24-20-18-14-6-7-15(12-14)19(18)21(25)23(20)16-10-8-13(9-11-16)22(26)27-17-4-2-1-3-5-17;17-14-12-9-6-7-10(8-9)13(12)15(18)16(14)11-4-2-1-3-5-11;;/h2-11,14-15,18-19H,12H2;2-7,9-10,12-13H,8H2;;/q2*-1;;. The van der Waals surface area contributed by atoms with Gasteiger partial charge in [-0.1, -0.05) is 30.0 Å². The van der Waals surface area contributed by atoms with Gasteiger partial charge >= 0.3 is 25.5 Å². The van der Waals surface area contributed by atoms with E-state index in [1.165, 1.54) is 9.80 Å². The molecule has 8 atom stereocenters. The average molecular weight is 672 g/mol. The summed E-state index contributed by atoms with van der Waals surface area (Å²) in [5, 5.41) is 0. The molecule has 239 valence electrons. The third kappa shape index (κ3) is 5.12. The van der Waals surface area contributed by atoms with Crippen molar-refractivity contribution in [1.82, 2.24) is 0 Å². The monoisotopic (exact) mass is 671 g/mol. The topological polar surface area (TPSA) is 118 Å². The maximum absolute atomic E-state index is 12.8. The molecule has 0 aromatic heterocycles. The Balaban J connectivity index is 0.000000152. The van der Waals surface area contributed by atoms with Crippen LogP contribution in [0.25, 0.3) is 0 Å². The number of carbonyl (C=O) groups excluding carboxylic acids is 5. The second kappa shape index (κ2) is 12.4. The van der Waals surface area contributed by atoms with E-state index in [1.807, 2.05) is 0 Å². The second-order valence-electron chi connectivity index (χ2n) is 12.5. The van der Waals surface area contributed by atoms with Crippen molar-refractivity contribution in [3.8, 4) is 5.75 Å². The fourth-order valence-electron chi connectivity index (χ4n) is 8.19. The summed E-state index contributed by atoms with van der Waals surface area (Å²) in [6.07, 6.45) is 10.2. The van der Waals surface area contributed by atoms with Crippen LogP contribution in [0.4, 0.5) is 11.4 Å². The first kappa shape index (κ1) is 30.8. The summed E-state index contributed by atoms with van der Waals surface area (Å²) in [4.78, 5) is 65.4. The summed E-state index contributed by atoms with van der Waals surface area (Å²) >= 11 is 2.31. The molecule has 2 saturated heterocycles. The molecule has 8 unspecified atom stereocenters. The Kier molecular flexibility index (Phi) is 8.15. The van der Waals surface area contributed by atoms with Gasteiger partial charge in [-0.25, -0.2) is 4.79 Å². The van der Waals surface area contributed by atoms with E-state index in [1.54, 1.807) is 72.8 Å². The van der Waals surface area contributed by atoms with Crippen LogP contribution in [0.5, 0.6) is 5.75 Å². The second-order valence-corrected chi connectivity index (χ2v) is 12.5. The van der Waals surface area contributed by atoms with Crippen molar-refractivity contribution < 1.29 is 48.2 Å². The molecular weight excluding hydrogens is 643 g/mol. The predicted octanol–water partition coefficient (Wildman–Crippen LogP) is 4.69. The number of amides is 4. The van der Waals surface area contributed by atoms with Crippen LogP contribution < -0.4 is 14.5 Å². The maximum atomic E-state index is 12.8. The third-order valence-corrected chi connectivity index (χ3v) is 10.2. The molecule has 0 radical (unpaired) electrons. The number of benzene rings is 3. The molecule has 10 heteroatoms. The van der Waals surface area contributed by atoms with Crippen molar-refractivity contribution in [2.75, 3.05) is 9.80 Å². The molecular formula is C37H28CoN2O7-2. The molecule has 3 aromatic carbocycles. The number of ether oxygens (including phenoxy) is 1. The van der Waals surface area contributed by atoms with E-state index in [0.29, 0.717) is 22.7 Å². The van der Waals surface area contributed by atoms with Gasteiger partial charge in [0.1, 0.15) is 0 Å². The van der Waals surface area contributed by atoms with E-state index < -0.39 is 5.97 Å². The zero-order valence-electron chi connectivity index (χ0n) is 24.9. The average Bonchev–Trinajstić information content (AvgIpc) is 3.96. The molecule has 2 saturated carbocycles. The molecule has 3 aromatic rings. The van der Waals surface area contributed by atoms with Gasteiger partial charge in [0.15, 0.2) is 0 Å². The van der Waals surface area contributed by atoms with Gasteiger partial charge in [0.25, 0.3) is 0 Å². The zero-order valence-corrected chi connectivity index (χ0v) is 25.9. The summed E-state index contributed by atoms with van der Waals surface area (Å²) in [5.74, 6) is -0.135. The summed E-state index contributed by atoms with van der Waals surface area (Å²) in [6, 6.07) is 25.8. The molecule has 2 aliphatic heterocycles. The zero-order chi connectivity index (χ0) is 32.8. The van der Waals surface area contributed by atoms with Crippen molar-refractivity contribution >= 4 is 41.0 Å². The van der Waals surface area contributed by atoms with E-state index in [0.717, 1.165) is 12.8 Å². The van der Waals surface area contributed by atoms with Crippen molar-refractivity contribution in [3.05, 3.63) is 115 Å². The van der Waals surface area contributed by atoms with Crippen LogP contribution in [0.15, 0.2) is 97.1 Å². The molecule has 4 aliphatic carbocycles. The summed E-state index contributed by atoms with van der Waals surface area (Å²) in [7, 11) is 0. The van der Waals surface area contributed by atoms with Gasteiger partial charge in [-0.05, 0) is 60.8 Å². The van der Waals surface area contributed by atoms with E-state index in [-0.39, 0.29) is 71.0 Å². The molecule has 6 aliphatic rings. The van der Waals surface area contributed by atoms with Gasteiger partial charge in [-0.3, -0.25) is 29.0 Å². The Hall–Kier alpha value is -4.80. The summed E-state index contributed by atoms with van der Waals surface area (Å²) in [5.41, 5.74) is 1.54. The summed E-state index contributed by atoms with van der Waals surface area (Å²) in [6.45, 7) is 0. The fourth-order valence-corrected chi connectivity index (χ4v) is 8.19. The molecule has 4 bridgehead atoms. The van der Waals surface area contributed by atoms with Crippen LogP contribution in [-0.4, -0.2) is 29.6 Å². The van der Waals surface area contributed by atoms with Gasteiger partial charge in [0.2, 0.25) is 23.6 Å². The van der Waals surface area contributed by atoms with Gasteiger partial charge < -0.3 is 4.74 Å². The predicted molar refractivity (Wildman–Crippen MR) is 163 cm³/mol. The van der Waals surface area contributed by atoms with E-state index in [9.17, 15) is 24.0 Å². The number of carbonyl (C=O) groups is 5. The number of esters is 1. The SMILES string of the molecule is O=C(Oc1cc[c-]cc1)c1ccc(N2C(=O)C3C4C=CC(C4)C3C2=O)cc1.O=C1C2C3C=CC(C3)C2C(=O)N1c1cc[c-]cc1.[O]=[Co]. The number of fused-ring (bicyclic) bond motifs is 10. The van der Waals surface area contributed by atoms with Crippen LogP contribution in [0.2, 0.25) is 0 Å². The van der Waals surface area contributed by atoms with Gasteiger partial charge in [0, 0.05) is 5.75 Å². The molecule has 2 heterocycles. The Morgan fingerprint density at radius 2 is 0.936 bits per heavy atom. The number of allylic oxidation sites excluding steroid dienone is 4. The van der Waals surface area contributed by atoms with Crippen molar-refractivity contribution in [1.29, 1.82) is 0 Å². The molecule has 9 nitrogen and oxygen atoms in total. The first-order valence-electron chi connectivity index (χ1n) is 15.4. The van der Waals surface area contributed by atoms with Crippen molar-refractivity contribution in [2.24, 2.45) is 47.3 Å². The molecule has 0 N–H and O–H groups in total. The first-order chi connectivity index (χ1) is 22.9. The van der Waals surface area contributed by atoms with E-state index in [4.69, 9.17) is 8.60 Å². The Labute approximate surface area is 279 Å². The van der Waals surface area contributed by atoms with Crippen LogP contribution in [0.3, 0.4) is 0 Å². The number of hydrogen-bond acceptors (Lipinski definition) is 7. The van der Waals surface area contributed by atoms with Crippen LogP contribution in [0.1, 0.15) is 23.2 Å². The molecule has 4 fully saturated rings. The molecule has 47 heavy (non-hydrogen) atoms. The quantitative estimate of drug-likeness (QED) is 0.130.